The highest BCUT2D eigenvalue weighted by Crippen LogP contribution is 2.26. The Morgan fingerprint density at radius 2 is 2.00 bits per heavy atom. The van der Waals surface area contributed by atoms with Crippen LogP contribution in [0.3, 0.4) is 0 Å². The number of nitrogens with zero attached hydrogens (tertiary/aromatic N) is 2. The maximum absolute atomic E-state index is 11.0. The van der Waals surface area contributed by atoms with Crippen LogP contribution in [0, 0.1) is 6.92 Å². The molecule has 1 aromatic heterocycles. The lowest BCUT2D eigenvalue weighted by Crippen LogP contribution is -2.11. The zero-order chi connectivity index (χ0) is 15.6. The number of carbonyl (C=O) groups is 1. The molecule has 4 N–H and O–H groups in total. The number of nitrogens with one attached hydrogen (secondary N) is 1. The number of benzene rings is 1. The lowest BCUT2D eigenvalue weighted by atomic mass is 10.1. The van der Waals surface area contributed by atoms with E-state index < -0.39 is 5.97 Å². The number of aromatic carboxylic acids is 1. The molecule has 0 aliphatic heterocycles. The summed E-state index contributed by atoms with van der Waals surface area (Å²) in [5.74, 6) is -0.751. The van der Waals surface area contributed by atoms with E-state index in [2.05, 4.69) is 10.3 Å². The van der Waals surface area contributed by atoms with Crippen molar-refractivity contribution < 1.29 is 9.90 Å². The first-order valence-corrected chi connectivity index (χ1v) is 6.43. The van der Waals surface area contributed by atoms with Crippen LogP contribution in [0.15, 0.2) is 30.3 Å². The molecule has 0 atom stereocenters. The smallest absolute Gasteiger partial charge is 0.354 e. The van der Waals surface area contributed by atoms with Crippen LogP contribution < -0.4 is 16.0 Å². The minimum atomic E-state index is -1.09. The molecule has 0 aliphatic rings. The second-order valence-electron chi connectivity index (χ2n) is 4.96. The molecule has 1 heterocycles. The van der Waals surface area contributed by atoms with Crippen LogP contribution in [0.5, 0.6) is 0 Å². The summed E-state index contributed by atoms with van der Waals surface area (Å²) in [6.07, 6.45) is 0. The number of aryl methyl sites for hydroxylation is 1. The summed E-state index contributed by atoms with van der Waals surface area (Å²) >= 11 is 0. The first-order chi connectivity index (χ1) is 9.88. The number of hydrogen-bond acceptors (Lipinski definition) is 5. The molecule has 6 nitrogen and oxygen atoms in total. The van der Waals surface area contributed by atoms with E-state index in [1.54, 1.807) is 0 Å². The fourth-order valence-electron chi connectivity index (χ4n) is 1.99. The fourth-order valence-corrected chi connectivity index (χ4v) is 1.99. The van der Waals surface area contributed by atoms with Gasteiger partial charge in [0.05, 0.1) is 5.69 Å². The van der Waals surface area contributed by atoms with Crippen molar-refractivity contribution in [3.8, 4) is 0 Å². The average molecular weight is 286 g/mol. The van der Waals surface area contributed by atoms with Gasteiger partial charge in [-0.1, -0.05) is 6.07 Å². The van der Waals surface area contributed by atoms with Crippen molar-refractivity contribution in [3.63, 3.8) is 0 Å². The van der Waals surface area contributed by atoms with Gasteiger partial charge in [-0.15, -0.1) is 0 Å². The lowest BCUT2D eigenvalue weighted by Gasteiger charge is -2.17. The lowest BCUT2D eigenvalue weighted by molar-refractivity contribution is 0.0690. The summed E-state index contributed by atoms with van der Waals surface area (Å²) in [6, 6.07) is 8.75. The number of nitrogens with two attached hydrogens (primary N) is 1. The van der Waals surface area contributed by atoms with Crippen molar-refractivity contribution in [1.82, 2.24) is 4.98 Å². The van der Waals surface area contributed by atoms with Gasteiger partial charge in [0.25, 0.3) is 0 Å². The molecule has 6 heteroatoms. The third-order valence-electron chi connectivity index (χ3n) is 3.10. The number of aromatic nitrogens is 1. The Hall–Kier alpha value is -2.76. The number of carboxylic acids is 1. The fraction of sp³-hybridized carbons (Fsp3) is 0.200. The van der Waals surface area contributed by atoms with Gasteiger partial charge in [-0.25, -0.2) is 9.78 Å². The van der Waals surface area contributed by atoms with Crippen LogP contribution in [-0.2, 0) is 0 Å². The third-order valence-corrected chi connectivity index (χ3v) is 3.10. The number of nitrogen functional groups attached to an aromatic ring is 1. The largest absolute Gasteiger partial charge is 0.477 e. The van der Waals surface area contributed by atoms with Gasteiger partial charge in [0, 0.05) is 25.5 Å². The molecule has 0 saturated carbocycles. The molecular formula is C15H18N4O2. The standard InChI is InChI=1S/C15H18N4O2/c1-9-4-5-10(8-13(9)19(2)3)17-14-11(16)6-7-12(18-14)15(20)21/h4-8H,16H2,1-3H3,(H,17,18)(H,20,21). The minimum absolute atomic E-state index is 0.0494. The summed E-state index contributed by atoms with van der Waals surface area (Å²) in [6.45, 7) is 2.02. The molecule has 0 saturated heterocycles. The summed E-state index contributed by atoms with van der Waals surface area (Å²) in [5.41, 5.74) is 9.19. The summed E-state index contributed by atoms with van der Waals surface area (Å²) in [5, 5.41) is 12.0. The van der Waals surface area contributed by atoms with Crippen molar-refractivity contribution in [2.24, 2.45) is 0 Å². The minimum Gasteiger partial charge on any atom is -0.477 e. The predicted octanol–water partition coefficient (Wildman–Crippen LogP) is 2.48. The van der Waals surface area contributed by atoms with Crippen LogP contribution in [0.1, 0.15) is 16.1 Å². The van der Waals surface area contributed by atoms with Gasteiger partial charge in [0.1, 0.15) is 0 Å². The van der Waals surface area contributed by atoms with E-state index >= 15 is 0 Å². The number of pyridine rings is 1. The molecule has 1 aromatic carbocycles. The van der Waals surface area contributed by atoms with Crippen LogP contribution in [0.2, 0.25) is 0 Å². The highest BCUT2D eigenvalue weighted by Gasteiger charge is 2.10. The normalized spacial score (nSPS) is 10.2. The SMILES string of the molecule is Cc1ccc(Nc2nc(C(=O)O)ccc2N)cc1N(C)C. The zero-order valence-electron chi connectivity index (χ0n) is 12.2. The van der Waals surface area contributed by atoms with Crippen LogP contribution in [-0.4, -0.2) is 30.2 Å². The van der Waals surface area contributed by atoms with E-state index in [0.717, 1.165) is 16.9 Å². The van der Waals surface area contributed by atoms with Crippen molar-refractivity contribution >= 4 is 28.8 Å². The van der Waals surface area contributed by atoms with E-state index in [1.807, 2.05) is 44.1 Å². The highest BCUT2D eigenvalue weighted by atomic mass is 16.4. The highest BCUT2D eigenvalue weighted by molar-refractivity contribution is 5.87. The quantitative estimate of drug-likeness (QED) is 0.799. The van der Waals surface area contributed by atoms with Gasteiger partial charge in [-0.2, -0.15) is 0 Å². The molecular weight excluding hydrogens is 268 g/mol. The van der Waals surface area contributed by atoms with Gasteiger partial charge < -0.3 is 21.1 Å². The molecule has 0 radical (unpaired) electrons. The number of anilines is 4. The number of carboxylic acid groups (broad SMARTS) is 1. The first-order valence-electron chi connectivity index (χ1n) is 6.43. The molecule has 2 aromatic rings. The summed E-state index contributed by atoms with van der Waals surface area (Å²) in [4.78, 5) is 17.0. The van der Waals surface area contributed by atoms with Gasteiger partial charge in [-0.05, 0) is 36.8 Å². The molecule has 0 unspecified atom stereocenters. The monoisotopic (exact) mass is 286 g/mol. The van der Waals surface area contributed by atoms with Crippen molar-refractivity contribution in [2.45, 2.75) is 6.92 Å². The Morgan fingerprint density at radius 3 is 2.62 bits per heavy atom. The van der Waals surface area contributed by atoms with Crippen LogP contribution >= 0.6 is 0 Å². The van der Waals surface area contributed by atoms with E-state index in [0.29, 0.717) is 11.5 Å². The van der Waals surface area contributed by atoms with E-state index in [9.17, 15) is 4.79 Å². The number of rotatable bonds is 4. The van der Waals surface area contributed by atoms with Crippen molar-refractivity contribution in [3.05, 3.63) is 41.6 Å². The van der Waals surface area contributed by atoms with Crippen LogP contribution in [0.25, 0.3) is 0 Å². The zero-order valence-corrected chi connectivity index (χ0v) is 12.2. The van der Waals surface area contributed by atoms with Gasteiger partial charge in [-0.3, -0.25) is 0 Å². The molecule has 2 rings (SSSR count). The topological polar surface area (TPSA) is 91.5 Å². The van der Waals surface area contributed by atoms with E-state index in [4.69, 9.17) is 10.8 Å². The molecule has 21 heavy (non-hydrogen) atoms. The molecule has 0 fully saturated rings. The molecule has 0 bridgehead atoms. The van der Waals surface area contributed by atoms with Gasteiger partial charge in [0.2, 0.25) is 0 Å². The molecule has 0 spiro atoms. The summed E-state index contributed by atoms with van der Waals surface area (Å²) in [7, 11) is 3.92. The van der Waals surface area contributed by atoms with Crippen molar-refractivity contribution in [2.75, 3.05) is 30.0 Å². The third kappa shape index (κ3) is 3.22. The molecule has 0 aliphatic carbocycles. The summed E-state index contributed by atoms with van der Waals surface area (Å²) < 4.78 is 0. The maximum atomic E-state index is 11.0. The Kier molecular flexibility index (Phi) is 3.98. The Balaban J connectivity index is 2.36. The Morgan fingerprint density at radius 1 is 1.29 bits per heavy atom. The van der Waals surface area contributed by atoms with Crippen LogP contribution in [0.4, 0.5) is 22.9 Å². The molecule has 110 valence electrons. The predicted molar refractivity (Wildman–Crippen MR) is 84.4 cm³/mol. The Bertz CT molecular complexity index is 683. The molecule has 0 amide bonds. The van der Waals surface area contributed by atoms with E-state index in [1.165, 1.54) is 12.1 Å². The average Bonchev–Trinajstić information content (AvgIpc) is 2.42. The second-order valence-corrected chi connectivity index (χ2v) is 4.96. The van der Waals surface area contributed by atoms with Gasteiger partial charge in [0.15, 0.2) is 11.5 Å². The number of hydrogen-bond donors (Lipinski definition) is 3. The van der Waals surface area contributed by atoms with E-state index in [-0.39, 0.29) is 5.69 Å². The first kappa shape index (κ1) is 14.6. The second kappa shape index (κ2) is 5.70. The van der Waals surface area contributed by atoms with Crippen molar-refractivity contribution in [1.29, 1.82) is 0 Å². The van der Waals surface area contributed by atoms with Gasteiger partial charge >= 0.3 is 5.97 Å². The maximum Gasteiger partial charge on any atom is 0.354 e. The Labute approximate surface area is 123 Å².